The smallest absolute Gasteiger partial charge is 0.340 e. The van der Waals surface area contributed by atoms with E-state index in [1.165, 1.54) is 11.1 Å². The number of carbonyl (C=O) groups excluding carboxylic acids is 2. The van der Waals surface area contributed by atoms with Crippen LogP contribution in [-0.2, 0) is 22.5 Å². The van der Waals surface area contributed by atoms with Gasteiger partial charge in [-0.1, -0.05) is 48.5 Å². The summed E-state index contributed by atoms with van der Waals surface area (Å²) < 4.78 is 11.0. The molecule has 0 saturated heterocycles. The van der Waals surface area contributed by atoms with E-state index in [4.69, 9.17) is 14.5 Å². The Bertz CT molecular complexity index is 1420. The summed E-state index contributed by atoms with van der Waals surface area (Å²) in [6.07, 6.45) is 0.974. The van der Waals surface area contributed by atoms with Gasteiger partial charge in [-0.2, -0.15) is 0 Å². The molecule has 1 amide bonds. The lowest BCUT2D eigenvalue weighted by atomic mass is 10.00. The van der Waals surface area contributed by atoms with Crippen molar-refractivity contribution < 1.29 is 19.1 Å². The number of hydrogen-bond acceptors (Lipinski definition) is 6. The number of rotatable bonds is 7. The minimum absolute atomic E-state index is 0.223. The Kier molecular flexibility index (Phi) is 6.80. The molecule has 1 aliphatic heterocycles. The van der Waals surface area contributed by atoms with E-state index in [0.29, 0.717) is 22.5 Å². The van der Waals surface area contributed by atoms with E-state index in [2.05, 4.69) is 34.5 Å². The van der Waals surface area contributed by atoms with Crippen molar-refractivity contribution in [1.82, 2.24) is 4.98 Å². The third-order valence-electron chi connectivity index (χ3n) is 6.18. The number of amides is 1. The van der Waals surface area contributed by atoms with Gasteiger partial charge in [0.25, 0.3) is 5.91 Å². The van der Waals surface area contributed by atoms with Gasteiger partial charge in [0.15, 0.2) is 6.61 Å². The summed E-state index contributed by atoms with van der Waals surface area (Å²) in [7, 11) is 0. The number of nitrogens with one attached hydrogen (secondary N) is 1. The Morgan fingerprint density at radius 1 is 0.944 bits per heavy atom. The summed E-state index contributed by atoms with van der Waals surface area (Å²) in [6, 6.07) is 25.0. The van der Waals surface area contributed by atoms with Crippen molar-refractivity contribution in [2.75, 3.05) is 30.0 Å². The van der Waals surface area contributed by atoms with Crippen molar-refractivity contribution >= 4 is 34.3 Å². The van der Waals surface area contributed by atoms with Gasteiger partial charge in [0, 0.05) is 18.5 Å². The highest BCUT2D eigenvalue weighted by atomic mass is 16.5. The number of ether oxygens (including phenoxy) is 2. The van der Waals surface area contributed by atoms with Crippen molar-refractivity contribution in [2.24, 2.45) is 0 Å². The molecule has 1 aromatic heterocycles. The summed E-state index contributed by atoms with van der Waals surface area (Å²) >= 11 is 0. The standard InChI is InChI=1S/C29H27N3O4/c1-2-35-29(34)23-11-5-6-12-24(23)30-27(33)19-36-25-13-7-10-21-14-15-26(31-28(21)25)32-17-16-20-8-3-4-9-22(20)18-32/h3-15H,2,16-19H2,1H3,(H,30,33). The average Bonchev–Trinajstić information content (AvgIpc) is 2.91. The molecule has 7 heteroatoms. The normalized spacial score (nSPS) is 12.6. The lowest BCUT2D eigenvalue weighted by Crippen LogP contribution is -2.30. The summed E-state index contributed by atoms with van der Waals surface area (Å²) in [4.78, 5) is 32.0. The van der Waals surface area contributed by atoms with Crippen LogP contribution in [0, 0.1) is 0 Å². The van der Waals surface area contributed by atoms with Crippen LogP contribution in [0.1, 0.15) is 28.4 Å². The van der Waals surface area contributed by atoms with Crippen LogP contribution in [-0.4, -0.2) is 36.6 Å². The van der Waals surface area contributed by atoms with Crippen molar-refractivity contribution in [3.63, 3.8) is 0 Å². The molecule has 1 N–H and O–H groups in total. The van der Waals surface area contributed by atoms with E-state index in [0.717, 1.165) is 30.7 Å². The number of esters is 1. The first-order chi connectivity index (χ1) is 17.6. The van der Waals surface area contributed by atoms with Gasteiger partial charge < -0.3 is 19.7 Å². The molecule has 0 bridgehead atoms. The Labute approximate surface area is 209 Å². The fourth-order valence-electron chi connectivity index (χ4n) is 4.40. The SMILES string of the molecule is CCOC(=O)c1ccccc1NC(=O)COc1cccc2ccc(N3CCc4ccccc4C3)nc12. The number of anilines is 2. The first kappa shape index (κ1) is 23.4. The number of carbonyl (C=O) groups is 2. The van der Waals surface area contributed by atoms with Crippen LogP contribution >= 0.6 is 0 Å². The third kappa shape index (κ3) is 5.00. The molecule has 3 aromatic carbocycles. The molecule has 0 atom stereocenters. The van der Waals surface area contributed by atoms with Gasteiger partial charge in [-0.05, 0) is 54.8 Å². The van der Waals surface area contributed by atoms with Crippen LogP contribution in [0.4, 0.5) is 11.5 Å². The second kappa shape index (κ2) is 10.5. The molecule has 0 saturated carbocycles. The number of nitrogens with zero attached hydrogens (tertiary/aromatic N) is 2. The van der Waals surface area contributed by atoms with Gasteiger partial charge in [0.1, 0.15) is 17.1 Å². The highest BCUT2D eigenvalue weighted by molar-refractivity contribution is 6.01. The zero-order valence-electron chi connectivity index (χ0n) is 20.1. The minimum atomic E-state index is -0.486. The maximum Gasteiger partial charge on any atom is 0.340 e. The first-order valence-corrected chi connectivity index (χ1v) is 12.0. The van der Waals surface area contributed by atoms with Crippen molar-refractivity contribution in [1.29, 1.82) is 0 Å². The Balaban J connectivity index is 1.31. The number of pyridine rings is 1. The fraction of sp³-hybridized carbons (Fsp3) is 0.207. The molecule has 2 heterocycles. The molecule has 5 rings (SSSR count). The highest BCUT2D eigenvalue weighted by Gasteiger charge is 2.18. The number of para-hydroxylation sites is 2. The van der Waals surface area contributed by atoms with Crippen LogP contribution in [0.5, 0.6) is 5.75 Å². The molecule has 7 nitrogen and oxygen atoms in total. The van der Waals surface area contributed by atoms with Crippen LogP contribution in [0.2, 0.25) is 0 Å². The molecule has 0 radical (unpaired) electrons. The van der Waals surface area contributed by atoms with Gasteiger partial charge in [0.2, 0.25) is 0 Å². The monoisotopic (exact) mass is 481 g/mol. The van der Waals surface area contributed by atoms with E-state index >= 15 is 0 Å². The molecule has 0 spiro atoms. The Morgan fingerprint density at radius 3 is 2.61 bits per heavy atom. The van der Waals surface area contributed by atoms with Crippen LogP contribution < -0.4 is 15.0 Å². The quantitative estimate of drug-likeness (QED) is 0.375. The van der Waals surface area contributed by atoms with Crippen molar-refractivity contribution in [3.8, 4) is 5.75 Å². The van der Waals surface area contributed by atoms with Crippen LogP contribution in [0.3, 0.4) is 0 Å². The maximum atomic E-state index is 12.7. The number of aromatic nitrogens is 1. The average molecular weight is 482 g/mol. The molecule has 182 valence electrons. The topological polar surface area (TPSA) is 80.8 Å². The zero-order chi connectivity index (χ0) is 24.9. The molecule has 4 aromatic rings. The first-order valence-electron chi connectivity index (χ1n) is 12.0. The Hall–Kier alpha value is -4.39. The zero-order valence-corrected chi connectivity index (χ0v) is 20.1. The van der Waals surface area contributed by atoms with Gasteiger partial charge >= 0.3 is 5.97 Å². The van der Waals surface area contributed by atoms with Crippen molar-refractivity contribution in [2.45, 2.75) is 19.9 Å². The lowest BCUT2D eigenvalue weighted by molar-refractivity contribution is -0.118. The summed E-state index contributed by atoms with van der Waals surface area (Å²) in [6.45, 7) is 3.46. The molecule has 0 fully saturated rings. The maximum absolute atomic E-state index is 12.7. The van der Waals surface area contributed by atoms with Gasteiger partial charge in [-0.3, -0.25) is 4.79 Å². The number of benzene rings is 3. The summed E-state index contributed by atoms with van der Waals surface area (Å²) in [5.74, 6) is 0.537. The molecular formula is C29H27N3O4. The van der Waals surface area contributed by atoms with E-state index in [1.54, 1.807) is 31.2 Å². The summed E-state index contributed by atoms with van der Waals surface area (Å²) in [5.41, 5.74) is 4.08. The predicted molar refractivity (Wildman–Crippen MR) is 139 cm³/mol. The number of fused-ring (bicyclic) bond motifs is 2. The number of hydrogen-bond donors (Lipinski definition) is 1. The highest BCUT2D eigenvalue weighted by Crippen LogP contribution is 2.29. The Morgan fingerprint density at radius 2 is 1.75 bits per heavy atom. The van der Waals surface area contributed by atoms with Crippen LogP contribution in [0.25, 0.3) is 10.9 Å². The van der Waals surface area contributed by atoms with E-state index in [-0.39, 0.29) is 19.1 Å². The van der Waals surface area contributed by atoms with E-state index < -0.39 is 5.97 Å². The van der Waals surface area contributed by atoms with E-state index in [1.807, 2.05) is 30.3 Å². The van der Waals surface area contributed by atoms with Gasteiger partial charge in [0.05, 0.1) is 17.9 Å². The van der Waals surface area contributed by atoms with Crippen LogP contribution in [0.15, 0.2) is 78.9 Å². The predicted octanol–water partition coefficient (Wildman–Crippen LogP) is 4.99. The minimum Gasteiger partial charge on any atom is -0.481 e. The van der Waals surface area contributed by atoms with Gasteiger partial charge in [-0.25, -0.2) is 9.78 Å². The molecule has 36 heavy (non-hydrogen) atoms. The molecule has 0 aliphatic carbocycles. The summed E-state index contributed by atoms with van der Waals surface area (Å²) in [5, 5.41) is 3.68. The third-order valence-corrected chi connectivity index (χ3v) is 6.18. The molecule has 0 unspecified atom stereocenters. The second-order valence-corrected chi connectivity index (χ2v) is 8.54. The van der Waals surface area contributed by atoms with E-state index in [9.17, 15) is 9.59 Å². The molecular weight excluding hydrogens is 454 g/mol. The molecule has 1 aliphatic rings. The lowest BCUT2D eigenvalue weighted by Gasteiger charge is -2.30. The largest absolute Gasteiger partial charge is 0.481 e. The van der Waals surface area contributed by atoms with Crippen molar-refractivity contribution in [3.05, 3.63) is 95.6 Å². The fourth-order valence-corrected chi connectivity index (χ4v) is 4.40. The second-order valence-electron chi connectivity index (χ2n) is 8.54. The van der Waals surface area contributed by atoms with Gasteiger partial charge in [-0.15, -0.1) is 0 Å².